The van der Waals surface area contributed by atoms with Gasteiger partial charge in [0.15, 0.2) is 0 Å². The van der Waals surface area contributed by atoms with Crippen LogP contribution in [0.1, 0.15) is 15.9 Å². The van der Waals surface area contributed by atoms with Gasteiger partial charge in [-0.05, 0) is 81.3 Å². The van der Waals surface area contributed by atoms with Gasteiger partial charge in [-0.2, -0.15) is 0 Å². The number of nitrogens with one attached hydrogen (secondary N) is 1. The Hall–Kier alpha value is -0.590. The van der Waals surface area contributed by atoms with Gasteiger partial charge in [-0.25, -0.2) is 0 Å². The van der Waals surface area contributed by atoms with Gasteiger partial charge < -0.3 is 5.32 Å². The van der Waals surface area contributed by atoms with Crippen LogP contribution < -0.4 is 5.32 Å². The standard InChI is InChI=1S/C14H10BrClINO/c1-8-10(3-2-4-12(8)16)14(19)18-13-6-5-9(17)7-11(13)15/h2-7H,1H3,(H,18,19). The molecule has 98 valence electrons. The molecule has 2 aromatic carbocycles. The quantitative estimate of drug-likeness (QED) is 0.621. The van der Waals surface area contributed by atoms with E-state index in [-0.39, 0.29) is 5.91 Å². The molecule has 0 aromatic heterocycles. The van der Waals surface area contributed by atoms with Crippen LogP contribution in [-0.4, -0.2) is 5.91 Å². The van der Waals surface area contributed by atoms with Crippen molar-refractivity contribution in [3.05, 3.63) is 60.6 Å². The molecule has 0 spiro atoms. The van der Waals surface area contributed by atoms with Gasteiger partial charge in [0.05, 0.1) is 5.69 Å². The van der Waals surface area contributed by atoms with Gasteiger partial charge in [0, 0.05) is 18.6 Å². The Morgan fingerprint density at radius 3 is 2.74 bits per heavy atom. The summed E-state index contributed by atoms with van der Waals surface area (Å²) in [4.78, 5) is 12.2. The first kappa shape index (κ1) is 14.8. The van der Waals surface area contributed by atoms with E-state index in [1.807, 2.05) is 25.1 Å². The Labute approximate surface area is 138 Å². The lowest BCUT2D eigenvalue weighted by molar-refractivity contribution is 0.102. The molecule has 0 bridgehead atoms. The molecule has 2 nitrogen and oxygen atoms in total. The zero-order valence-electron chi connectivity index (χ0n) is 10.0. The predicted octanol–water partition coefficient (Wildman–Crippen LogP) is 5.27. The first-order valence-corrected chi connectivity index (χ1v) is 7.75. The van der Waals surface area contributed by atoms with Crippen LogP contribution in [0.3, 0.4) is 0 Å². The highest BCUT2D eigenvalue weighted by atomic mass is 127. The summed E-state index contributed by atoms with van der Waals surface area (Å²) in [5, 5.41) is 3.47. The fourth-order valence-electron chi connectivity index (χ4n) is 1.63. The van der Waals surface area contributed by atoms with Crippen LogP contribution in [-0.2, 0) is 0 Å². The van der Waals surface area contributed by atoms with Crippen LogP contribution >= 0.6 is 50.1 Å². The fraction of sp³-hybridized carbons (Fsp3) is 0.0714. The molecular weight excluding hydrogens is 440 g/mol. The summed E-state index contributed by atoms with van der Waals surface area (Å²) >= 11 is 11.7. The van der Waals surface area contributed by atoms with Crippen molar-refractivity contribution in [1.82, 2.24) is 0 Å². The van der Waals surface area contributed by atoms with E-state index in [0.717, 1.165) is 19.3 Å². The van der Waals surface area contributed by atoms with E-state index in [1.165, 1.54) is 0 Å². The number of carbonyl (C=O) groups excluding carboxylic acids is 1. The third-order valence-electron chi connectivity index (χ3n) is 2.69. The molecule has 0 fully saturated rings. The average Bonchev–Trinajstić information content (AvgIpc) is 2.36. The SMILES string of the molecule is Cc1c(Cl)cccc1C(=O)Nc1ccc(I)cc1Br. The monoisotopic (exact) mass is 449 g/mol. The largest absolute Gasteiger partial charge is 0.321 e. The third-order valence-corrected chi connectivity index (χ3v) is 4.43. The minimum atomic E-state index is -0.165. The van der Waals surface area contributed by atoms with E-state index in [1.54, 1.807) is 18.2 Å². The molecule has 0 saturated heterocycles. The second-order valence-electron chi connectivity index (χ2n) is 3.99. The maximum absolute atomic E-state index is 12.2. The molecule has 0 atom stereocenters. The normalized spacial score (nSPS) is 10.3. The Morgan fingerprint density at radius 1 is 1.32 bits per heavy atom. The van der Waals surface area contributed by atoms with Gasteiger partial charge in [0.2, 0.25) is 0 Å². The van der Waals surface area contributed by atoms with Crippen LogP contribution in [0.15, 0.2) is 40.9 Å². The summed E-state index contributed by atoms with van der Waals surface area (Å²) in [7, 11) is 0. The van der Waals surface area contributed by atoms with Crippen molar-refractivity contribution in [1.29, 1.82) is 0 Å². The van der Waals surface area contributed by atoms with E-state index < -0.39 is 0 Å². The zero-order valence-corrected chi connectivity index (χ0v) is 14.5. The molecule has 19 heavy (non-hydrogen) atoms. The lowest BCUT2D eigenvalue weighted by atomic mass is 10.1. The number of anilines is 1. The second kappa shape index (κ2) is 6.24. The van der Waals surface area contributed by atoms with Crippen molar-refractivity contribution in [2.24, 2.45) is 0 Å². The van der Waals surface area contributed by atoms with Crippen LogP contribution in [0.2, 0.25) is 5.02 Å². The Bertz CT molecular complexity index is 645. The maximum atomic E-state index is 12.2. The summed E-state index contributed by atoms with van der Waals surface area (Å²) in [6, 6.07) is 11.1. The highest BCUT2D eigenvalue weighted by Crippen LogP contribution is 2.26. The van der Waals surface area contributed by atoms with E-state index in [4.69, 9.17) is 11.6 Å². The topological polar surface area (TPSA) is 29.1 Å². The van der Waals surface area contributed by atoms with Gasteiger partial charge in [0.1, 0.15) is 0 Å². The number of amides is 1. The molecule has 1 amide bonds. The molecule has 0 aliphatic rings. The lowest BCUT2D eigenvalue weighted by Crippen LogP contribution is -2.13. The molecule has 1 N–H and O–H groups in total. The van der Waals surface area contributed by atoms with E-state index in [2.05, 4.69) is 43.8 Å². The minimum Gasteiger partial charge on any atom is -0.321 e. The Kier molecular flexibility index (Phi) is 4.86. The van der Waals surface area contributed by atoms with Gasteiger partial charge >= 0.3 is 0 Å². The van der Waals surface area contributed by atoms with Gasteiger partial charge in [-0.1, -0.05) is 17.7 Å². The fourth-order valence-corrected chi connectivity index (χ4v) is 3.21. The zero-order chi connectivity index (χ0) is 14.0. The maximum Gasteiger partial charge on any atom is 0.256 e. The van der Waals surface area contributed by atoms with Gasteiger partial charge in [-0.15, -0.1) is 0 Å². The number of hydrogen-bond acceptors (Lipinski definition) is 1. The molecule has 0 unspecified atom stereocenters. The lowest BCUT2D eigenvalue weighted by Gasteiger charge is -2.10. The number of rotatable bonds is 2. The summed E-state index contributed by atoms with van der Waals surface area (Å²) in [6.07, 6.45) is 0. The first-order chi connectivity index (χ1) is 8.99. The number of halogens is 3. The minimum absolute atomic E-state index is 0.165. The average molecular weight is 451 g/mol. The number of benzene rings is 2. The molecule has 0 radical (unpaired) electrons. The predicted molar refractivity (Wildman–Crippen MR) is 91.0 cm³/mol. The van der Waals surface area contributed by atoms with Crippen molar-refractivity contribution in [3.8, 4) is 0 Å². The van der Waals surface area contributed by atoms with Crippen molar-refractivity contribution in [3.63, 3.8) is 0 Å². The summed E-state index contributed by atoms with van der Waals surface area (Å²) in [5.74, 6) is -0.165. The van der Waals surface area contributed by atoms with Crippen molar-refractivity contribution >= 4 is 61.7 Å². The molecule has 2 rings (SSSR count). The summed E-state index contributed by atoms with van der Waals surface area (Å²) in [6.45, 7) is 1.83. The van der Waals surface area contributed by atoms with Crippen molar-refractivity contribution < 1.29 is 4.79 Å². The van der Waals surface area contributed by atoms with Crippen LogP contribution in [0.25, 0.3) is 0 Å². The van der Waals surface area contributed by atoms with Crippen molar-refractivity contribution in [2.75, 3.05) is 5.32 Å². The van der Waals surface area contributed by atoms with Gasteiger partial charge in [0.25, 0.3) is 5.91 Å². The summed E-state index contributed by atoms with van der Waals surface area (Å²) < 4.78 is 1.95. The highest BCUT2D eigenvalue weighted by Gasteiger charge is 2.12. The molecule has 0 saturated carbocycles. The van der Waals surface area contributed by atoms with Gasteiger partial charge in [-0.3, -0.25) is 4.79 Å². The second-order valence-corrected chi connectivity index (χ2v) is 6.50. The van der Waals surface area contributed by atoms with E-state index in [0.29, 0.717) is 10.6 Å². The Morgan fingerprint density at radius 2 is 2.05 bits per heavy atom. The molecule has 0 heterocycles. The summed E-state index contributed by atoms with van der Waals surface area (Å²) in [5.41, 5.74) is 2.10. The molecule has 5 heteroatoms. The smallest absolute Gasteiger partial charge is 0.256 e. The Balaban J connectivity index is 2.28. The van der Waals surface area contributed by atoms with Crippen LogP contribution in [0.4, 0.5) is 5.69 Å². The van der Waals surface area contributed by atoms with Crippen molar-refractivity contribution in [2.45, 2.75) is 6.92 Å². The van der Waals surface area contributed by atoms with Crippen LogP contribution in [0, 0.1) is 10.5 Å². The first-order valence-electron chi connectivity index (χ1n) is 5.50. The molecular formula is C14H10BrClINO. The molecule has 2 aromatic rings. The number of carbonyl (C=O) groups is 1. The molecule has 0 aliphatic carbocycles. The molecule has 0 aliphatic heterocycles. The highest BCUT2D eigenvalue weighted by molar-refractivity contribution is 14.1. The van der Waals surface area contributed by atoms with E-state index >= 15 is 0 Å². The van der Waals surface area contributed by atoms with E-state index in [9.17, 15) is 4.79 Å². The third kappa shape index (κ3) is 3.49. The number of hydrogen-bond donors (Lipinski definition) is 1. The van der Waals surface area contributed by atoms with Crippen LogP contribution in [0.5, 0.6) is 0 Å².